The van der Waals surface area contributed by atoms with E-state index in [2.05, 4.69) is 4.74 Å². The summed E-state index contributed by atoms with van der Waals surface area (Å²) in [5.41, 5.74) is 1.23. The van der Waals surface area contributed by atoms with Gasteiger partial charge in [0.1, 0.15) is 18.2 Å². The lowest BCUT2D eigenvalue weighted by Gasteiger charge is -2.09. The largest absolute Gasteiger partial charge is 0.489 e. The number of hydrogen-bond donors (Lipinski definition) is 1. The van der Waals surface area contributed by atoms with E-state index in [0.717, 1.165) is 0 Å². The van der Waals surface area contributed by atoms with Crippen LogP contribution in [0.25, 0.3) is 0 Å². The van der Waals surface area contributed by atoms with Gasteiger partial charge in [-0.2, -0.15) is 0 Å². The topological polar surface area (TPSA) is 55.8 Å². The van der Waals surface area contributed by atoms with Crippen LogP contribution in [0.4, 0.5) is 4.39 Å². The van der Waals surface area contributed by atoms with Crippen molar-refractivity contribution in [2.75, 3.05) is 7.11 Å². The Bertz CT molecular complexity index is 640. The van der Waals surface area contributed by atoms with Gasteiger partial charge in [-0.15, -0.1) is 0 Å². The van der Waals surface area contributed by atoms with E-state index in [-0.39, 0.29) is 24.3 Å². The van der Waals surface area contributed by atoms with Crippen LogP contribution >= 0.6 is 0 Å². The first-order valence-electron chi connectivity index (χ1n) is 6.33. The van der Waals surface area contributed by atoms with Crippen LogP contribution in [-0.4, -0.2) is 18.2 Å². The Morgan fingerprint density at radius 3 is 2.76 bits per heavy atom. The minimum Gasteiger partial charge on any atom is -0.489 e. The molecule has 2 aromatic rings. The molecule has 5 heteroatoms. The number of ether oxygens (including phenoxy) is 2. The summed E-state index contributed by atoms with van der Waals surface area (Å²) in [6.07, 6.45) is 0. The zero-order chi connectivity index (χ0) is 15.2. The molecule has 0 spiro atoms. The fourth-order valence-electron chi connectivity index (χ4n) is 1.82. The van der Waals surface area contributed by atoms with Gasteiger partial charge in [0.25, 0.3) is 0 Å². The van der Waals surface area contributed by atoms with Gasteiger partial charge in [0.05, 0.1) is 19.3 Å². The predicted octanol–water partition coefficient (Wildman–Crippen LogP) is 2.68. The van der Waals surface area contributed by atoms with E-state index < -0.39 is 11.8 Å². The third kappa shape index (κ3) is 3.79. The Morgan fingerprint density at radius 2 is 2.05 bits per heavy atom. The first kappa shape index (κ1) is 15.0. The maximum atomic E-state index is 13.7. The second-order valence-corrected chi connectivity index (χ2v) is 4.39. The highest BCUT2D eigenvalue weighted by molar-refractivity contribution is 5.89. The highest BCUT2D eigenvalue weighted by atomic mass is 19.1. The van der Waals surface area contributed by atoms with Crippen molar-refractivity contribution in [3.63, 3.8) is 0 Å². The van der Waals surface area contributed by atoms with Crippen LogP contribution in [0.5, 0.6) is 5.75 Å². The normalized spacial score (nSPS) is 10.2. The Hall–Kier alpha value is -2.40. The number of rotatable bonds is 5. The third-order valence-corrected chi connectivity index (χ3v) is 2.94. The lowest BCUT2D eigenvalue weighted by Crippen LogP contribution is -2.05. The van der Waals surface area contributed by atoms with Gasteiger partial charge in [-0.05, 0) is 35.9 Å². The highest BCUT2D eigenvalue weighted by Gasteiger charge is 2.10. The van der Waals surface area contributed by atoms with Gasteiger partial charge in [-0.3, -0.25) is 0 Å². The Labute approximate surface area is 121 Å². The summed E-state index contributed by atoms with van der Waals surface area (Å²) in [7, 11) is 1.27. The van der Waals surface area contributed by atoms with Crippen LogP contribution in [0, 0.1) is 5.82 Å². The molecule has 2 rings (SSSR count). The van der Waals surface area contributed by atoms with Crippen molar-refractivity contribution in [2.24, 2.45) is 0 Å². The minimum absolute atomic E-state index is 0.0223. The number of benzene rings is 2. The highest BCUT2D eigenvalue weighted by Crippen LogP contribution is 2.17. The van der Waals surface area contributed by atoms with Crippen LogP contribution in [0.1, 0.15) is 21.5 Å². The zero-order valence-corrected chi connectivity index (χ0v) is 11.5. The summed E-state index contributed by atoms with van der Waals surface area (Å²) in [5, 5.41) is 9.05. The molecule has 0 bridgehead atoms. The summed E-state index contributed by atoms with van der Waals surface area (Å²) in [6.45, 7) is -0.116. The minimum atomic E-state index is -0.529. The maximum absolute atomic E-state index is 13.7. The van der Waals surface area contributed by atoms with Gasteiger partial charge < -0.3 is 14.6 Å². The molecule has 21 heavy (non-hydrogen) atoms. The van der Waals surface area contributed by atoms with E-state index in [0.29, 0.717) is 11.3 Å². The lowest BCUT2D eigenvalue weighted by molar-refractivity contribution is 0.0600. The van der Waals surface area contributed by atoms with E-state index in [4.69, 9.17) is 9.84 Å². The molecule has 0 fully saturated rings. The van der Waals surface area contributed by atoms with Gasteiger partial charge in [0.15, 0.2) is 0 Å². The van der Waals surface area contributed by atoms with Crippen LogP contribution in [0.3, 0.4) is 0 Å². The number of aliphatic hydroxyl groups is 1. The SMILES string of the molecule is COC(=O)c1ccc(F)c(COc2cccc(CO)c2)c1. The first-order valence-corrected chi connectivity index (χ1v) is 6.33. The van der Waals surface area contributed by atoms with E-state index >= 15 is 0 Å². The molecule has 0 unspecified atom stereocenters. The Kier molecular flexibility index (Phi) is 4.90. The zero-order valence-electron chi connectivity index (χ0n) is 11.5. The van der Waals surface area contributed by atoms with Crippen LogP contribution < -0.4 is 4.74 Å². The lowest BCUT2D eigenvalue weighted by atomic mass is 10.1. The average molecular weight is 290 g/mol. The van der Waals surface area contributed by atoms with Gasteiger partial charge in [-0.25, -0.2) is 9.18 Å². The van der Waals surface area contributed by atoms with Crippen LogP contribution in [-0.2, 0) is 18.0 Å². The van der Waals surface area contributed by atoms with Crippen molar-refractivity contribution in [3.05, 3.63) is 65.0 Å². The summed E-state index contributed by atoms with van der Waals surface area (Å²) >= 11 is 0. The van der Waals surface area contributed by atoms with Crippen molar-refractivity contribution >= 4 is 5.97 Å². The van der Waals surface area contributed by atoms with E-state index in [1.807, 2.05) is 0 Å². The molecule has 0 saturated heterocycles. The second kappa shape index (κ2) is 6.85. The molecular formula is C16H15FO4. The van der Waals surface area contributed by atoms with Crippen molar-refractivity contribution in [1.82, 2.24) is 0 Å². The first-order chi connectivity index (χ1) is 10.1. The van der Waals surface area contributed by atoms with Crippen LogP contribution in [0.15, 0.2) is 42.5 Å². The molecule has 0 aromatic heterocycles. The van der Waals surface area contributed by atoms with Gasteiger partial charge in [-0.1, -0.05) is 12.1 Å². The number of hydrogen-bond acceptors (Lipinski definition) is 4. The molecule has 0 heterocycles. The molecule has 0 radical (unpaired) electrons. The summed E-state index contributed by atoms with van der Waals surface area (Å²) in [6, 6.07) is 10.8. The molecule has 4 nitrogen and oxygen atoms in total. The smallest absolute Gasteiger partial charge is 0.337 e. The number of esters is 1. The molecule has 0 amide bonds. The fourth-order valence-corrected chi connectivity index (χ4v) is 1.82. The number of carbonyl (C=O) groups excluding carboxylic acids is 1. The van der Waals surface area contributed by atoms with Crippen molar-refractivity contribution in [2.45, 2.75) is 13.2 Å². The maximum Gasteiger partial charge on any atom is 0.337 e. The molecule has 0 aliphatic carbocycles. The van der Waals surface area contributed by atoms with Crippen LogP contribution in [0.2, 0.25) is 0 Å². The number of halogens is 1. The molecule has 2 aromatic carbocycles. The van der Waals surface area contributed by atoms with E-state index in [9.17, 15) is 9.18 Å². The van der Waals surface area contributed by atoms with Gasteiger partial charge in [0, 0.05) is 5.56 Å². The molecule has 0 saturated carbocycles. The van der Waals surface area contributed by atoms with Crippen molar-refractivity contribution in [3.8, 4) is 5.75 Å². The quantitative estimate of drug-likeness (QED) is 0.860. The van der Waals surface area contributed by atoms with E-state index in [1.165, 1.54) is 25.3 Å². The molecule has 1 N–H and O–H groups in total. The fraction of sp³-hybridized carbons (Fsp3) is 0.188. The molecule has 0 aliphatic heterocycles. The Balaban J connectivity index is 2.13. The van der Waals surface area contributed by atoms with Crippen molar-refractivity contribution in [1.29, 1.82) is 0 Å². The second-order valence-electron chi connectivity index (χ2n) is 4.39. The molecule has 110 valence electrons. The molecule has 0 aliphatic rings. The van der Waals surface area contributed by atoms with Crippen molar-refractivity contribution < 1.29 is 23.8 Å². The van der Waals surface area contributed by atoms with E-state index in [1.54, 1.807) is 24.3 Å². The number of carbonyl (C=O) groups is 1. The Morgan fingerprint density at radius 1 is 1.24 bits per heavy atom. The van der Waals surface area contributed by atoms with Gasteiger partial charge in [0.2, 0.25) is 0 Å². The monoisotopic (exact) mass is 290 g/mol. The molecular weight excluding hydrogens is 275 g/mol. The predicted molar refractivity (Wildman–Crippen MR) is 74.4 cm³/mol. The molecule has 0 atom stereocenters. The summed E-state index contributed by atoms with van der Waals surface area (Å²) < 4.78 is 23.8. The summed E-state index contributed by atoms with van der Waals surface area (Å²) in [4.78, 5) is 11.4. The summed E-state index contributed by atoms with van der Waals surface area (Å²) in [5.74, 6) is -0.469. The van der Waals surface area contributed by atoms with Gasteiger partial charge >= 0.3 is 5.97 Å². The standard InChI is InChI=1S/C16H15FO4/c1-20-16(19)12-5-6-15(17)13(8-12)10-21-14-4-2-3-11(7-14)9-18/h2-8,18H,9-10H2,1H3. The third-order valence-electron chi connectivity index (χ3n) is 2.94. The average Bonchev–Trinajstić information content (AvgIpc) is 2.53. The number of methoxy groups -OCH3 is 1. The number of aliphatic hydroxyl groups excluding tert-OH is 1.